The third kappa shape index (κ3) is 2.30. The van der Waals surface area contributed by atoms with Gasteiger partial charge in [-0.25, -0.2) is 0 Å². The number of rotatable bonds is 2. The van der Waals surface area contributed by atoms with Crippen molar-refractivity contribution in [1.29, 1.82) is 0 Å². The molecule has 2 aliphatic rings. The van der Waals surface area contributed by atoms with E-state index in [9.17, 15) is 4.79 Å². The molecular formula is C16H22N2O3. The zero-order valence-electron chi connectivity index (χ0n) is 12.6. The quantitative estimate of drug-likeness (QED) is 0.892. The van der Waals surface area contributed by atoms with E-state index in [1.807, 2.05) is 30.0 Å². The maximum absolute atomic E-state index is 13.0. The largest absolute Gasteiger partial charge is 0.497 e. The molecule has 1 aromatic rings. The molecule has 3 rings (SSSR count). The third-order valence-electron chi connectivity index (χ3n) is 4.66. The molecule has 0 saturated carbocycles. The summed E-state index contributed by atoms with van der Waals surface area (Å²) in [5.74, 6) is 0.897. The van der Waals surface area contributed by atoms with E-state index in [0.29, 0.717) is 13.2 Å². The van der Waals surface area contributed by atoms with Crippen LogP contribution in [0.25, 0.3) is 0 Å². The van der Waals surface area contributed by atoms with Crippen LogP contribution in [0.5, 0.6) is 5.75 Å². The van der Waals surface area contributed by atoms with Crippen molar-refractivity contribution in [3.63, 3.8) is 0 Å². The van der Waals surface area contributed by atoms with Gasteiger partial charge in [0.1, 0.15) is 5.75 Å². The van der Waals surface area contributed by atoms with Crippen LogP contribution in [0.1, 0.15) is 18.9 Å². The van der Waals surface area contributed by atoms with E-state index >= 15 is 0 Å². The lowest BCUT2D eigenvalue weighted by atomic mass is 9.83. The minimum atomic E-state index is -0.630. The Morgan fingerprint density at radius 2 is 2.33 bits per heavy atom. The number of nitrogens with two attached hydrogens (primary N) is 1. The van der Waals surface area contributed by atoms with Crippen LogP contribution in [0.15, 0.2) is 18.2 Å². The molecule has 5 heteroatoms. The molecule has 2 aliphatic heterocycles. The molecule has 21 heavy (non-hydrogen) atoms. The SMILES string of the molecule is COc1ccc2c(c1)CCCN2C(=O)C1(C)COCC1N. The number of benzene rings is 1. The van der Waals surface area contributed by atoms with Crippen LogP contribution in [0.3, 0.4) is 0 Å². The number of fused-ring (bicyclic) bond motifs is 1. The van der Waals surface area contributed by atoms with Gasteiger partial charge in [0.15, 0.2) is 0 Å². The van der Waals surface area contributed by atoms with E-state index in [1.54, 1.807) is 7.11 Å². The number of aryl methyl sites for hydroxylation is 1. The Bertz CT molecular complexity index is 560. The second-order valence-corrected chi connectivity index (χ2v) is 6.09. The summed E-state index contributed by atoms with van der Waals surface area (Å²) in [6, 6.07) is 5.64. The molecule has 0 spiro atoms. The van der Waals surface area contributed by atoms with E-state index in [1.165, 1.54) is 0 Å². The monoisotopic (exact) mass is 290 g/mol. The fourth-order valence-corrected chi connectivity index (χ4v) is 3.13. The number of carbonyl (C=O) groups is 1. The average Bonchev–Trinajstić information content (AvgIpc) is 2.86. The van der Waals surface area contributed by atoms with Gasteiger partial charge >= 0.3 is 0 Å². The molecule has 1 fully saturated rings. The first-order chi connectivity index (χ1) is 10.1. The Morgan fingerprint density at radius 1 is 1.52 bits per heavy atom. The zero-order chi connectivity index (χ0) is 15.0. The minimum absolute atomic E-state index is 0.0682. The normalized spacial score (nSPS) is 28.3. The lowest BCUT2D eigenvalue weighted by Crippen LogP contribution is -2.52. The van der Waals surface area contributed by atoms with E-state index in [4.69, 9.17) is 15.2 Å². The molecule has 0 aromatic heterocycles. The summed E-state index contributed by atoms with van der Waals surface area (Å²) >= 11 is 0. The van der Waals surface area contributed by atoms with Crippen LogP contribution in [0.4, 0.5) is 5.69 Å². The Kier molecular flexibility index (Phi) is 3.63. The fourth-order valence-electron chi connectivity index (χ4n) is 3.13. The Morgan fingerprint density at radius 3 is 3.00 bits per heavy atom. The molecule has 0 aliphatic carbocycles. The van der Waals surface area contributed by atoms with Crippen molar-refractivity contribution in [2.24, 2.45) is 11.1 Å². The highest BCUT2D eigenvalue weighted by Gasteiger charge is 2.47. The summed E-state index contributed by atoms with van der Waals surface area (Å²) in [7, 11) is 1.66. The molecule has 2 N–H and O–H groups in total. The zero-order valence-corrected chi connectivity index (χ0v) is 12.6. The van der Waals surface area contributed by atoms with Gasteiger partial charge in [0.05, 0.1) is 25.7 Å². The highest BCUT2D eigenvalue weighted by atomic mass is 16.5. The topological polar surface area (TPSA) is 64.8 Å². The van der Waals surface area contributed by atoms with E-state index < -0.39 is 5.41 Å². The first kappa shape index (κ1) is 14.4. The maximum atomic E-state index is 13.0. The molecule has 0 radical (unpaired) electrons. The van der Waals surface area contributed by atoms with Crippen molar-refractivity contribution >= 4 is 11.6 Å². The summed E-state index contributed by atoms with van der Waals surface area (Å²) in [6.07, 6.45) is 1.92. The first-order valence-electron chi connectivity index (χ1n) is 7.38. The van der Waals surface area contributed by atoms with Gasteiger partial charge in [0.2, 0.25) is 5.91 Å². The van der Waals surface area contributed by atoms with Crippen molar-refractivity contribution in [2.45, 2.75) is 25.8 Å². The predicted octanol–water partition coefficient (Wildman–Crippen LogP) is 1.34. The summed E-state index contributed by atoms with van der Waals surface area (Å²) in [4.78, 5) is 14.9. The van der Waals surface area contributed by atoms with Crippen LogP contribution in [-0.2, 0) is 16.0 Å². The molecule has 5 nitrogen and oxygen atoms in total. The lowest BCUT2D eigenvalue weighted by molar-refractivity contribution is -0.128. The second kappa shape index (κ2) is 5.31. The highest BCUT2D eigenvalue weighted by molar-refractivity contribution is 5.99. The van der Waals surface area contributed by atoms with Crippen molar-refractivity contribution < 1.29 is 14.3 Å². The number of ether oxygens (including phenoxy) is 2. The molecule has 2 atom stereocenters. The summed E-state index contributed by atoms with van der Waals surface area (Å²) < 4.78 is 10.7. The van der Waals surface area contributed by atoms with Crippen LogP contribution in [0.2, 0.25) is 0 Å². The minimum Gasteiger partial charge on any atom is -0.497 e. The molecule has 1 amide bonds. The number of carbonyl (C=O) groups excluding carboxylic acids is 1. The van der Waals surface area contributed by atoms with Crippen LogP contribution in [-0.4, -0.2) is 38.8 Å². The predicted molar refractivity (Wildman–Crippen MR) is 80.6 cm³/mol. The Balaban J connectivity index is 1.93. The van der Waals surface area contributed by atoms with Crippen LogP contribution >= 0.6 is 0 Å². The van der Waals surface area contributed by atoms with Gasteiger partial charge in [-0.1, -0.05) is 0 Å². The number of nitrogens with zero attached hydrogens (tertiary/aromatic N) is 1. The van der Waals surface area contributed by atoms with E-state index in [2.05, 4.69) is 0 Å². The van der Waals surface area contributed by atoms with Crippen molar-refractivity contribution in [2.75, 3.05) is 31.8 Å². The van der Waals surface area contributed by atoms with E-state index in [0.717, 1.165) is 36.4 Å². The van der Waals surface area contributed by atoms with Crippen LogP contribution in [0, 0.1) is 5.41 Å². The smallest absolute Gasteiger partial charge is 0.236 e. The van der Waals surface area contributed by atoms with Gasteiger partial charge < -0.3 is 20.1 Å². The summed E-state index contributed by atoms with van der Waals surface area (Å²) in [5.41, 5.74) is 7.60. The number of amides is 1. The highest BCUT2D eigenvalue weighted by Crippen LogP contribution is 2.36. The maximum Gasteiger partial charge on any atom is 0.236 e. The molecule has 1 aromatic carbocycles. The number of hydrogen-bond donors (Lipinski definition) is 1. The van der Waals surface area contributed by atoms with Gasteiger partial charge in [-0.3, -0.25) is 4.79 Å². The van der Waals surface area contributed by atoms with Gasteiger partial charge in [0.25, 0.3) is 0 Å². The average molecular weight is 290 g/mol. The summed E-state index contributed by atoms with van der Waals surface area (Å²) in [6.45, 7) is 3.49. The van der Waals surface area contributed by atoms with Crippen LogP contribution < -0.4 is 15.4 Å². The van der Waals surface area contributed by atoms with Crippen molar-refractivity contribution in [3.05, 3.63) is 23.8 Å². The Labute approximate surface area is 125 Å². The number of methoxy groups -OCH3 is 1. The molecule has 2 unspecified atom stereocenters. The van der Waals surface area contributed by atoms with E-state index in [-0.39, 0.29) is 11.9 Å². The van der Waals surface area contributed by atoms with Gasteiger partial charge in [-0.2, -0.15) is 0 Å². The molecule has 0 bridgehead atoms. The molecular weight excluding hydrogens is 268 g/mol. The third-order valence-corrected chi connectivity index (χ3v) is 4.66. The standard InChI is InChI=1S/C16H22N2O3/c1-16(10-21-9-14(16)17)15(19)18-7-3-4-11-8-12(20-2)5-6-13(11)18/h5-6,8,14H,3-4,7,9-10,17H2,1-2H3. The Hall–Kier alpha value is -1.59. The number of hydrogen-bond acceptors (Lipinski definition) is 4. The lowest BCUT2D eigenvalue weighted by Gasteiger charge is -2.36. The fraction of sp³-hybridized carbons (Fsp3) is 0.562. The van der Waals surface area contributed by atoms with Crippen molar-refractivity contribution in [3.8, 4) is 5.75 Å². The second-order valence-electron chi connectivity index (χ2n) is 6.09. The molecule has 114 valence electrons. The van der Waals surface area contributed by atoms with Gasteiger partial charge in [0, 0.05) is 18.3 Å². The van der Waals surface area contributed by atoms with Gasteiger partial charge in [-0.05, 0) is 43.5 Å². The van der Waals surface area contributed by atoms with Crippen molar-refractivity contribution in [1.82, 2.24) is 0 Å². The molecule has 1 saturated heterocycles. The first-order valence-corrected chi connectivity index (χ1v) is 7.38. The number of anilines is 1. The molecule has 2 heterocycles. The summed E-state index contributed by atoms with van der Waals surface area (Å²) in [5, 5.41) is 0. The van der Waals surface area contributed by atoms with Gasteiger partial charge in [-0.15, -0.1) is 0 Å².